The van der Waals surface area contributed by atoms with E-state index in [1.807, 2.05) is 0 Å². The molecule has 0 bridgehead atoms. The lowest BCUT2D eigenvalue weighted by atomic mass is 9.88. The van der Waals surface area contributed by atoms with E-state index in [0.717, 1.165) is 29.8 Å². The van der Waals surface area contributed by atoms with Crippen LogP contribution >= 0.6 is 0 Å². The summed E-state index contributed by atoms with van der Waals surface area (Å²) in [5.74, 6) is 0.928. The molecule has 0 aliphatic heterocycles. The van der Waals surface area contributed by atoms with Crippen molar-refractivity contribution in [3.05, 3.63) is 102 Å². The Bertz CT molecular complexity index is 977. The van der Waals surface area contributed by atoms with Crippen LogP contribution in [0.15, 0.2) is 84.9 Å². The van der Waals surface area contributed by atoms with Gasteiger partial charge in [-0.15, -0.1) is 0 Å². The number of hydrogen-bond acceptors (Lipinski definition) is 1. The summed E-state index contributed by atoms with van der Waals surface area (Å²) < 4.78 is 7.03. The van der Waals surface area contributed by atoms with E-state index in [2.05, 4.69) is 120 Å². The van der Waals surface area contributed by atoms with Crippen LogP contribution in [0.4, 0.5) is 0 Å². The average Bonchev–Trinajstić information content (AvgIpc) is 2.79. The molecule has 0 heterocycles. The zero-order valence-electron chi connectivity index (χ0n) is 20.0. The van der Waals surface area contributed by atoms with Crippen LogP contribution in [-0.2, 0) is 0 Å². The lowest BCUT2D eigenvalue weighted by Gasteiger charge is -2.33. The van der Waals surface area contributed by atoms with Gasteiger partial charge in [0.2, 0.25) is 0 Å². The Balaban J connectivity index is 0.00000363. The molecule has 3 rings (SSSR count). The molecule has 2 nitrogen and oxygen atoms in total. The first-order chi connectivity index (χ1) is 14.9. The molecule has 0 N–H and O–H groups in total. The van der Waals surface area contributed by atoms with Crippen molar-refractivity contribution < 1.29 is 26.2 Å². The summed E-state index contributed by atoms with van der Waals surface area (Å²) in [6.45, 7) is 8.45. The third kappa shape index (κ3) is 6.57. The van der Waals surface area contributed by atoms with Gasteiger partial charge in [0.15, 0.2) is 0 Å². The molecule has 0 spiro atoms. The molecule has 0 saturated heterocycles. The predicted molar refractivity (Wildman–Crippen MR) is 133 cm³/mol. The first-order valence-corrected chi connectivity index (χ1v) is 11.3. The van der Waals surface area contributed by atoms with Crippen LogP contribution in [0, 0.1) is 0 Å². The second-order valence-electron chi connectivity index (χ2n) is 8.91. The highest BCUT2D eigenvalue weighted by molar-refractivity contribution is 5.98. The van der Waals surface area contributed by atoms with Crippen molar-refractivity contribution in [2.75, 3.05) is 27.2 Å². The van der Waals surface area contributed by atoms with Crippen LogP contribution in [0.3, 0.4) is 0 Å². The van der Waals surface area contributed by atoms with Crippen molar-refractivity contribution in [1.29, 1.82) is 0 Å². The quantitative estimate of drug-likeness (QED) is 0.324. The highest BCUT2D eigenvalue weighted by atomic mass is 79.9. The number of benzene rings is 3. The van der Waals surface area contributed by atoms with Crippen molar-refractivity contribution in [2.45, 2.75) is 33.2 Å². The van der Waals surface area contributed by atoms with Crippen LogP contribution in [0.2, 0.25) is 0 Å². The lowest BCUT2D eigenvalue weighted by Crippen LogP contribution is -3.00. The molecule has 32 heavy (non-hydrogen) atoms. The maximum absolute atomic E-state index is 6.07. The summed E-state index contributed by atoms with van der Waals surface area (Å²) in [6, 6.07) is 30.6. The van der Waals surface area contributed by atoms with Crippen molar-refractivity contribution >= 4 is 11.1 Å². The van der Waals surface area contributed by atoms with Gasteiger partial charge < -0.3 is 26.2 Å². The number of rotatable bonds is 9. The number of likely N-dealkylation sites (N-methyl/N-ethyl adjacent to an activating group) is 1. The number of quaternary nitrogens is 1. The topological polar surface area (TPSA) is 9.23 Å². The Labute approximate surface area is 204 Å². The van der Waals surface area contributed by atoms with Crippen LogP contribution < -0.4 is 21.7 Å². The van der Waals surface area contributed by atoms with E-state index in [1.165, 1.54) is 27.8 Å². The fourth-order valence-corrected chi connectivity index (χ4v) is 3.66. The number of allylic oxidation sites excluding steroid dienone is 1. The molecule has 0 unspecified atom stereocenters. The van der Waals surface area contributed by atoms with E-state index < -0.39 is 0 Å². The summed E-state index contributed by atoms with van der Waals surface area (Å²) in [6.07, 6.45) is 0.967. The van der Waals surface area contributed by atoms with Gasteiger partial charge in [-0.1, -0.05) is 79.7 Å². The fraction of sp³-hybridized carbons (Fsp3) is 0.310. The molecular weight excluding hydrogens is 458 g/mol. The van der Waals surface area contributed by atoms with Crippen molar-refractivity contribution in [3.63, 3.8) is 0 Å². The monoisotopic (exact) mass is 493 g/mol. The molecule has 0 radical (unpaired) electrons. The van der Waals surface area contributed by atoms with E-state index in [-0.39, 0.29) is 17.0 Å². The molecule has 0 aromatic heterocycles. The van der Waals surface area contributed by atoms with Gasteiger partial charge in [0.05, 0.1) is 20.1 Å². The number of ether oxygens (including phenoxy) is 1. The van der Waals surface area contributed by atoms with Gasteiger partial charge in [-0.2, -0.15) is 0 Å². The van der Waals surface area contributed by atoms with E-state index in [9.17, 15) is 0 Å². The zero-order valence-corrected chi connectivity index (χ0v) is 21.6. The van der Waals surface area contributed by atoms with Crippen molar-refractivity contribution in [2.24, 2.45) is 0 Å². The Kier molecular flexibility index (Phi) is 9.74. The van der Waals surface area contributed by atoms with Crippen LogP contribution in [0.5, 0.6) is 5.75 Å². The summed E-state index contributed by atoms with van der Waals surface area (Å²) in [4.78, 5) is 0. The average molecular weight is 495 g/mol. The van der Waals surface area contributed by atoms with Crippen LogP contribution in [0.1, 0.15) is 43.9 Å². The summed E-state index contributed by atoms with van der Waals surface area (Å²) in [5.41, 5.74) is 6.39. The van der Waals surface area contributed by atoms with Gasteiger partial charge in [0, 0.05) is 0 Å². The Morgan fingerprint density at radius 2 is 1.25 bits per heavy atom. The van der Waals surface area contributed by atoms with Crippen LogP contribution in [0.25, 0.3) is 11.1 Å². The Morgan fingerprint density at radius 1 is 0.750 bits per heavy atom. The number of halogens is 1. The van der Waals surface area contributed by atoms with Gasteiger partial charge in [0.1, 0.15) is 18.9 Å². The van der Waals surface area contributed by atoms with Gasteiger partial charge in [-0.05, 0) is 60.2 Å². The third-order valence-electron chi connectivity index (χ3n) is 6.32. The molecule has 3 heteroatoms. The largest absolute Gasteiger partial charge is 1.00 e. The van der Waals surface area contributed by atoms with Crippen LogP contribution in [-0.4, -0.2) is 37.8 Å². The zero-order chi connectivity index (χ0) is 22.3. The van der Waals surface area contributed by atoms with Crippen molar-refractivity contribution in [3.8, 4) is 5.75 Å². The van der Waals surface area contributed by atoms with Gasteiger partial charge in [0.25, 0.3) is 0 Å². The maximum atomic E-state index is 6.07. The smallest absolute Gasteiger partial charge is 0.137 e. The Morgan fingerprint density at radius 3 is 1.75 bits per heavy atom. The highest BCUT2D eigenvalue weighted by Crippen LogP contribution is 2.34. The number of nitrogens with zero attached hydrogens (tertiary/aromatic N) is 1. The molecule has 0 amide bonds. The molecular formula is C29H36BrNO. The SMILES string of the molecule is CC/C(=C(\c1ccccc1)c1ccc(OCC[N+](C)(C)C(C)C)cc1)c1ccccc1.[Br-]. The van der Waals surface area contributed by atoms with Gasteiger partial charge in [-0.3, -0.25) is 0 Å². The lowest BCUT2D eigenvalue weighted by molar-refractivity contribution is -0.911. The normalized spacial score (nSPS) is 12.2. The molecule has 0 aliphatic carbocycles. The minimum Gasteiger partial charge on any atom is -1.00 e. The first-order valence-electron chi connectivity index (χ1n) is 11.3. The minimum absolute atomic E-state index is 0. The van der Waals surface area contributed by atoms with E-state index in [0.29, 0.717) is 6.04 Å². The molecule has 0 fully saturated rings. The van der Waals surface area contributed by atoms with Gasteiger partial charge in [-0.25, -0.2) is 0 Å². The summed E-state index contributed by atoms with van der Waals surface area (Å²) in [5, 5.41) is 0. The van der Waals surface area contributed by atoms with Crippen molar-refractivity contribution in [1.82, 2.24) is 0 Å². The first kappa shape index (κ1) is 25.9. The minimum atomic E-state index is 0. The second-order valence-corrected chi connectivity index (χ2v) is 8.91. The molecule has 3 aromatic rings. The van der Waals surface area contributed by atoms with Gasteiger partial charge >= 0.3 is 0 Å². The standard InChI is InChI=1S/C29H36NO.BrH/c1-6-28(24-13-9-7-10-14-24)29(25-15-11-8-12-16-25)26-17-19-27(20-18-26)31-22-21-30(4,5)23(2)3;/h7-20,23H,6,21-22H2,1-5H3;1H/q+1;/p-1/b29-28-;. The molecule has 170 valence electrons. The summed E-state index contributed by atoms with van der Waals surface area (Å²) in [7, 11) is 4.51. The fourth-order valence-electron chi connectivity index (χ4n) is 3.66. The highest BCUT2D eigenvalue weighted by Gasteiger charge is 2.19. The number of hydrogen-bond donors (Lipinski definition) is 0. The maximum Gasteiger partial charge on any atom is 0.137 e. The molecule has 0 atom stereocenters. The molecule has 3 aromatic carbocycles. The second kappa shape index (κ2) is 12.0. The third-order valence-corrected chi connectivity index (χ3v) is 6.32. The molecule has 0 saturated carbocycles. The summed E-state index contributed by atoms with van der Waals surface area (Å²) >= 11 is 0. The predicted octanol–water partition coefficient (Wildman–Crippen LogP) is 3.92. The van der Waals surface area contributed by atoms with E-state index in [1.54, 1.807) is 0 Å². The molecule has 0 aliphatic rings. The van der Waals surface area contributed by atoms with E-state index >= 15 is 0 Å². The Hall–Kier alpha value is -2.36. The van der Waals surface area contributed by atoms with E-state index in [4.69, 9.17) is 4.74 Å².